The molecule has 0 aliphatic rings. The summed E-state index contributed by atoms with van der Waals surface area (Å²) < 4.78 is 0. The average Bonchev–Trinajstić information content (AvgIpc) is 3.41. The highest BCUT2D eigenvalue weighted by Gasteiger charge is 2.19. The molecule has 70 heavy (non-hydrogen) atoms. The zero-order chi connectivity index (χ0) is 48.5. The molecule has 0 spiro atoms. The molecule has 0 N–H and O–H groups in total. The quantitative estimate of drug-likeness (QED) is 0.0848. The van der Waals surface area contributed by atoms with Crippen molar-refractivity contribution in [2.45, 2.75) is 130 Å². The number of benzene rings is 10. The first-order valence-electron chi connectivity index (χ1n) is 27.1. The lowest BCUT2D eigenvalue weighted by molar-refractivity contribution is 0.624. The number of rotatable bonds is 16. The van der Waals surface area contributed by atoms with Crippen LogP contribution in [0.15, 0.2) is 170 Å². The highest BCUT2D eigenvalue weighted by atomic mass is 14.2. The minimum absolute atomic E-state index is 0.577. The maximum Gasteiger partial charge on any atom is -0.00259 e. The van der Waals surface area contributed by atoms with Gasteiger partial charge in [0.05, 0.1) is 0 Å². The second-order valence-electron chi connectivity index (χ2n) is 20.4. The Morgan fingerprint density at radius 3 is 0.871 bits per heavy atom. The summed E-state index contributed by atoms with van der Waals surface area (Å²) in [6.45, 7) is 18.7. The average molecular weight is 913 g/mol. The summed E-state index contributed by atoms with van der Waals surface area (Å²) in [4.78, 5) is 0. The molecule has 0 heterocycles. The number of hydrogen-bond acceptors (Lipinski definition) is 0. The third-order valence-electron chi connectivity index (χ3n) is 16.6. The van der Waals surface area contributed by atoms with Crippen molar-refractivity contribution in [3.05, 3.63) is 192 Å². The van der Waals surface area contributed by atoms with Crippen LogP contribution in [-0.2, 0) is 0 Å². The summed E-state index contributed by atoms with van der Waals surface area (Å²) in [5.74, 6) is 2.31. The molecule has 0 bridgehead atoms. The summed E-state index contributed by atoms with van der Waals surface area (Å²) in [7, 11) is 0. The van der Waals surface area contributed by atoms with Crippen LogP contribution in [0.5, 0.6) is 0 Å². The van der Waals surface area contributed by atoms with Gasteiger partial charge in [-0.05, 0) is 232 Å². The summed E-state index contributed by atoms with van der Waals surface area (Å²) >= 11 is 0. The van der Waals surface area contributed by atoms with Gasteiger partial charge < -0.3 is 0 Å². The summed E-state index contributed by atoms with van der Waals surface area (Å²) in [6, 6.07) is 66.5. The molecule has 0 atom stereocenters. The van der Waals surface area contributed by atoms with Crippen LogP contribution in [0.1, 0.15) is 153 Å². The standard InChI is InChI=1S/C70H72/c1-9-45(10-2)55-37-56(46(11-3)12-4)40-61(39-55)51-29-25-49-27-31-53(35-59(49)33-51)68-43-63-44-69(65-22-18-20-24-67(65)70(63)66-23-19-17-21-64(66)68)54-32-28-50-26-30-52(34-60(50)36-54)62-41-57(47(13-5)14-6)38-58(42-62)48(15-7)16-8/h17-48H,9-16H2,1-8H3. The van der Waals surface area contributed by atoms with Crippen LogP contribution >= 0.6 is 0 Å². The fourth-order valence-electron chi connectivity index (χ4n) is 12.3. The molecular weight excluding hydrogens is 841 g/mol. The van der Waals surface area contributed by atoms with Gasteiger partial charge in [-0.1, -0.05) is 189 Å². The lowest BCUT2D eigenvalue weighted by Crippen LogP contribution is -2.01. The molecule has 0 amide bonds. The van der Waals surface area contributed by atoms with Gasteiger partial charge in [-0.3, -0.25) is 0 Å². The second kappa shape index (κ2) is 20.5. The van der Waals surface area contributed by atoms with Crippen molar-refractivity contribution < 1.29 is 0 Å². The molecule has 0 aliphatic heterocycles. The Bertz CT molecular complexity index is 3200. The minimum atomic E-state index is 0.577. The van der Waals surface area contributed by atoms with E-state index in [2.05, 4.69) is 225 Å². The van der Waals surface area contributed by atoms with Crippen molar-refractivity contribution in [3.8, 4) is 44.5 Å². The van der Waals surface area contributed by atoms with Gasteiger partial charge in [-0.2, -0.15) is 0 Å². The van der Waals surface area contributed by atoms with Gasteiger partial charge in [-0.15, -0.1) is 0 Å². The zero-order valence-electron chi connectivity index (χ0n) is 43.1. The van der Waals surface area contributed by atoms with Crippen molar-refractivity contribution in [2.24, 2.45) is 0 Å². The van der Waals surface area contributed by atoms with Crippen molar-refractivity contribution in [1.29, 1.82) is 0 Å². The normalized spacial score (nSPS) is 12.1. The molecule has 10 aromatic carbocycles. The van der Waals surface area contributed by atoms with E-state index in [0.29, 0.717) is 23.7 Å². The minimum Gasteiger partial charge on any atom is -0.0648 e. The fourth-order valence-corrected chi connectivity index (χ4v) is 12.3. The van der Waals surface area contributed by atoms with Crippen molar-refractivity contribution >= 4 is 53.9 Å². The Morgan fingerprint density at radius 2 is 0.543 bits per heavy atom. The van der Waals surface area contributed by atoms with E-state index >= 15 is 0 Å². The van der Waals surface area contributed by atoms with Gasteiger partial charge in [0.15, 0.2) is 0 Å². The van der Waals surface area contributed by atoms with E-state index in [-0.39, 0.29) is 0 Å². The Hall–Kier alpha value is -6.50. The lowest BCUT2D eigenvalue weighted by Gasteiger charge is -2.20. The molecule has 0 aliphatic carbocycles. The van der Waals surface area contributed by atoms with Gasteiger partial charge >= 0.3 is 0 Å². The lowest BCUT2D eigenvalue weighted by atomic mass is 9.84. The molecule has 0 heteroatoms. The van der Waals surface area contributed by atoms with E-state index in [4.69, 9.17) is 0 Å². The SMILES string of the molecule is CCC(CC)c1cc(-c2ccc3ccc(-c4cc5cc(-c6ccc7ccc(-c8cc(C(CC)CC)cc(C(CC)CC)c8)cc7c6)c6ccccc6c5c5ccccc45)cc3c2)cc(C(CC)CC)c1. The van der Waals surface area contributed by atoms with Gasteiger partial charge in [0, 0.05) is 0 Å². The molecule has 10 aromatic rings. The Labute approximate surface area is 418 Å². The topological polar surface area (TPSA) is 0 Å². The van der Waals surface area contributed by atoms with Gasteiger partial charge in [-0.25, -0.2) is 0 Å². The molecule has 0 nitrogen and oxygen atoms in total. The predicted molar refractivity (Wildman–Crippen MR) is 309 cm³/mol. The van der Waals surface area contributed by atoms with E-state index in [9.17, 15) is 0 Å². The van der Waals surface area contributed by atoms with Crippen LogP contribution in [0.4, 0.5) is 0 Å². The van der Waals surface area contributed by atoms with Crippen molar-refractivity contribution in [3.63, 3.8) is 0 Å². The third-order valence-corrected chi connectivity index (χ3v) is 16.6. The molecule has 10 rings (SSSR count). The Balaban J connectivity index is 1.11. The van der Waals surface area contributed by atoms with Crippen LogP contribution in [0.2, 0.25) is 0 Å². The van der Waals surface area contributed by atoms with Crippen LogP contribution in [0.25, 0.3) is 98.4 Å². The van der Waals surface area contributed by atoms with E-state index in [1.54, 1.807) is 0 Å². The molecule has 0 aromatic heterocycles. The zero-order valence-corrected chi connectivity index (χ0v) is 43.1. The van der Waals surface area contributed by atoms with Gasteiger partial charge in [0.25, 0.3) is 0 Å². The molecular formula is C70H72. The summed E-state index contributed by atoms with van der Waals surface area (Å²) in [6.07, 6.45) is 9.31. The van der Waals surface area contributed by atoms with Gasteiger partial charge in [0.1, 0.15) is 0 Å². The molecule has 0 saturated heterocycles. The summed E-state index contributed by atoms with van der Waals surface area (Å²) in [5, 5.41) is 12.9. The van der Waals surface area contributed by atoms with Crippen LogP contribution < -0.4 is 0 Å². The largest absolute Gasteiger partial charge is 0.0648 e. The maximum absolute atomic E-state index is 2.52. The van der Waals surface area contributed by atoms with Crippen LogP contribution in [-0.4, -0.2) is 0 Å². The van der Waals surface area contributed by atoms with Gasteiger partial charge in [0.2, 0.25) is 0 Å². The number of fused-ring (bicyclic) bond motifs is 7. The smallest absolute Gasteiger partial charge is 0.00259 e. The second-order valence-corrected chi connectivity index (χ2v) is 20.4. The third kappa shape index (κ3) is 8.85. The summed E-state index contributed by atoms with van der Waals surface area (Å²) in [5.41, 5.74) is 16.3. The molecule has 0 unspecified atom stereocenters. The Kier molecular flexibility index (Phi) is 13.8. The molecule has 0 fully saturated rings. The predicted octanol–water partition coefficient (Wildman–Crippen LogP) is 21.7. The first-order chi connectivity index (χ1) is 34.3. The first kappa shape index (κ1) is 47.2. The molecule has 0 radical (unpaired) electrons. The van der Waals surface area contributed by atoms with Crippen molar-refractivity contribution in [2.75, 3.05) is 0 Å². The maximum atomic E-state index is 2.52. The highest BCUT2D eigenvalue weighted by molar-refractivity contribution is 6.26. The number of hydrogen-bond donors (Lipinski definition) is 0. The van der Waals surface area contributed by atoms with E-state index in [1.165, 1.54) is 121 Å². The Morgan fingerprint density at radius 1 is 0.243 bits per heavy atom. The van der Waals surface area contributed by atoms with Crippen molar-refractivity contribution in [1.82, 2.24) is 0 Å². The fraction of sp³-hybridized carbons (Fsp3) is 0.286. The monoisotopic (exact) mass is 913 g/mol. The van der Waals surface area contributed by atoms with E-state index in [1.807, 2.05) is 0 Å². The first-order valence-corrected chi connectivity index (χ1v) is 27.1. The highest BCUT2D eigenvalue weighted by Crippen LogP contribution is 2.44. The van der Waals surface area contributed by atoms with Crippen LogP contribution in [0, 0.1) is 0 Å². The van der Waals surface area contributed by atoms with Crippen LogP contribution in [0.3, 0.4) is 0 Å². The molecule has 0 saturated carbocycles. The molecule has 352 valence electrons. The van der Waals surface area contributed by atoms with E-state index in [0.717, 1.165) is 51.4 Å². The van der Waals surface area contributed by atoms with E-state index < -0.39 is 0 Å².